The van der Waals surface area contributed by atoms with Crippen molar-refractivity contribution < 1.29 is 29.0 Å². The van der Waals surface area contributed by atoms with E-state index in [1.54, 1.807) is 0 Å². The maximum absolute atomic E-state index is 13.8. The molecule has 8 heteroatoms. The predicted octanol–water partition coefficient (Wildman–Crippen LogP) is 4.73. The third-order valence-corrected chi connectivity index (χ3v) is 8.05. The summed E-state index contributed by atoms with van der Waals surface area (Å²) in [7, 11) is 1.53. The van der Waals surface area contributed by atoms with Gasteiger partial charge in [0.15, 0.2) is 0 Å². The molecule has 0 bridgehead atoms. The molecule has 4 rings (SSSR count). The van der Waals surface area contributed by atoms with Gasteiger partial charge >= 0.3 is 5.97 Å². The second-order valence-electron chi connectivity index (χ2n) is 11.5. The normalized spacial score (nSPS) is 21.7. The molecule has 0 unspecified atom stereocenters. The Kier molecular flexibility index (Phi) is 13.4. The Hall–Kier alpha value is -4.27. The maximum atomic E-state index is 13.8. The van der Waals surface area contributed by atoms with E-state index in [9.17, 15) is 19.5 Å². The van der Waals surface area contributed by atoms with Gasteiger partial charge in [-0.25, -0.2) is 0 Å². The monoisotopic (exact) mass is 612 g/mol. The van der Waals surface area contributed by atoms with Gasteiger partial charge in [-0.2, -0.15) is 0 Å². The fraction of sp³-hybridized carbons (Fsp3) is 0.378. The second-order valence-corrected chi connectivity index (χ2v) is 11.5. The van der Waals surface area contributed by atoms with Gasteiger partial charge in [0, 0.05) is 13.5 Å². The van der Waals surface area contributed by atoms with Crippen LogP contribution in [0.15, 0.2) is 103 Å². The van der Waals surface area contributed by atoms with Crippen molar-refractivity contribution in [1.82, 2.24) is 10.6 Å². The van der Waals surface area contributed by atoms with Crippen molar-refractivity contribution in [1.29, 1.82) is 0 Å². The van der Waals surface area contributed by atoms with E-state index >= 15 is 0 Å². The lowest BCUT2D eigenvalue weighted by Gasteiger charge is -2.30. The fourth-order valence-corrected chi connectivity index (χ4v) is 5.66. The molecule has 3 N–H and O–H groups in total. The minimum absolute atomic E-state index is 0.0619. The van der Waals surface area contributed by atoms with E-state index in [4.69, 9.17) is 9.47 Å². The van der Waals surface area contributed by atoms with E-state index in [0.717, 1.165) is 16.7 Å². The molecule has 0 saturated carbocycles. The van der Waals surface area contributed by atoms with Gasteiger partial charge in [-0.3, -0.25) is 14.4 Å². The number of carbonyl (C=O) groups excluding carboxylic acids is 3. The molecule has 238 valence electrons. The molecule has 0 fully saturated rings. The number of benzene rings is 3. The molecule has 0 aliphatic carbocycles. The van der Waals surface area contributed by atoms with Crippen LogP contribution in [0.3, 0.4) is 0 Å². The van der Waals surface area contributed by atoms with Crippen LogP contribution in [0, 0.1) is 11.8 Å². The van der Waals surface area contributed by atoms with E-state index in [-0.39, 0.29) is 43.3 Å². The van der Waals surface area contributed by atoms with Crippen molar-refractivity contribution in [2.24, 2.45) is 11.8 Å². The molecule has 0 spiro atoms. The number of esters is 1. The highest BCUT2D eigenvalue weighted by molar-refractivity contribution is 5.86. The first-order valence-electron chi connectivity index (χ1n) is 15.6. The number of allylic oxidation sites excluding steroid dienone is 2. The summed E-state index contributed by atoms with van der Waals surface area (Å²) in [4.78, 5) is 40.7. The number of cyclic esters (lactones) is 1. The smallest absolute Gasteiger partial charge is 0.309 e. The minimum Gasteiger partial charge on any atom is -0.455 e. The fourth-order valence-electron chi connectivity index (χ4n) is 5.66. The number of aliphatic hydroxyl groups excluding tert-OH is 1. The molecule has 3 aromatic carbocycles. The Bertz CT molecular complexity index is 1370. The average Bonchev–Trinajstić information content (AvgIpc) is 3.07. The molecular weight excluding hydrogens is 568 g/mol. The Labute approximate surface area is 265 Å². The quantitative estimate of drug-likeness (QED) is 0.213. The number of amides is 2. The summed E-state index contributed by atoms with van der Waals surface area (Å²) in [6.07, 6.45) is 5.57. The molecule has 5 atom stereocenters. The minimum atomic E-state index is -0.797. The van der Waals surface area contributed by atoms with Gasteiger partial charge in [0.2, 0.25) is 11.8 Å². The lowest BCUT2D eigenvalue weighted by molar-refractivity contribution is -0.158. The molecule has 0 saturated heterocycles. The third-order valence-electron chi connectivity index (χ3n) is 8.05. The van der Waals surface area contributed by atoms with Crippen molar-refractivity contribution >= 4 is 17.8 Å². The predicted molar refractivity (Wildman–Crippen MR) is 173 cm³/mol. The summed E-state index contributed by atoms with van der Waals surface area (Å²) < 4.78 is 11.7. The van der Waals surface area contributed by atoms with Crippen LogP contribution in [0.2, 0.25) is 0 Å². The second kappa shape index (κ2) is 17.9. The van der Waals surface area contributed by atoms with Gasteiger partial charge in [0.1, 0.15) is 6.10 Å². The lowest BCUT2D eigenvalue weighted by atomic mass is 9.94. The largest absolute Gasteiger partial charge is 0.455 e. The highest BCUT2D eigenvalue weighted by atomic mass is 16.5. The Balaban J connectivity index is 1.56. The van der Waals surface area contributed by atoms with E-state index in [0.29, 0.717) is 32.1 Å². The SMILES string of the molecule is COC[C@@H]1NC(=O)[C@@H](CC(=O)N[C@@H](CO)Cc2ccccc2)CC=CCC[C@H](Cc2ccccc2)C(=O)O[C@H]1c1ccccc1. The zero-order valence-corrected chi connectivity index (χ0v) is 25.8. The first-order valence-corrected chi connectivity index (χ1v) is 15.6. The summed E-state index contributed by atoms with van der Waals surface area (Å²) >= 11 is 0. The van der Waals surface area contributed by atoms with E-state index in [1.165, 1.54) is 7.11 Å². The van der Waals surface area contributed by atoms with Crippen LogP contribution < -0.4 is 10.6 Å². The van der Waals surface area contributed by atoms with E-state index in [1.807, 2.05) is 103 Å². The van der Waals surface area contributed by atoms with Crippen LogP contribution in [0.5, 0.6) is 0 Å². The van der Waals surface area contributed by atoms with Crippen LogP contribution in [0.1, 0.15) is 48.5 Å². The van der Waals surface area contributed by atoms with E-state index < -0.39 is 24.1 Å². The van der Waals surface area contributed by atoms with Gasteiger partial charge < -0.3 is 25.2 Å². The summed E-state index contributed by atoms with van der Waals surface area (Å²) in [5, 5.41) is 15.9. The first-order chi connectivity index (χ1) is 22.0. The van der Waals surface area contributed by atoms with Crippen molar-refractivity contribution in [2.75, 3.05) is 20.3 Å². The average molecular weight is 613 g/mol. The molecule has 3 aromatic rings. The highest BCUT2D eigenvalue weighted by Gasteiger charge is 2.33. The maximum Gasteiger partial charge on any atom is 0.309 e. The van der Waals surface area contributed by atoms with Gasteiger partial charge in [-0.05, 0) is 48.8 Å². The Morgan fingerprint density at radius 3 is 2.22 bits per heavy atom. The Morgan fingerprint density at radius 1 is 0.933 bits per heavy atom. The van der Waals surface area contributed by atoms with Gasteiger partial charge in [0.05, 0.1) is 37.1 Å². The number of ether oxygens (including phenoxy) is 2. The summed E-state index contributed by atoms with van der Waals surface area (Å²) in [5.74, 6) is -2.05. The molecule has 2 amide bonds. The molecule has 45 heavy (non-hydrogen) atoms. The number of methoxy groups -OCH3 is 1. The zero-order chi connectivity index (χ0) is 31.9. The van der Waals surface area contributed by atoms with E-state index in [2.05, 4.69) is 10.6 Å². The van der Waals surface area contributed by atoms with Gasteiger partial charge in [-0.1, -0.05) is 103 Å². The standard InChI is InChI=1S/C37H44N2O6/c1-44-26-33-35(29-18-10-4-11-19-29)45-37(43)31(22-27-14-6-2-7-15-27)21-13-5-12-20-30(36(42)39-33)24-34(41)38-32(25-40)23-28-16-8-3-9-17-28/h2-12,14-19,30-33,35,40H,13,20-26H2,1H3,(H,38,41)(H,39,42)/t30-,31-,32-,33+,35+/m1/s1. The van der Waals surface area contributed by atoms with Crippen molar-refractivity contribution in [3.8, 4) is 0 Å². The molecule has 1 heterocycles. The van der Waals surface area contributed by atoms with Gasteiger partial charge in [-0.15, -0.1) is 0 Å². The summed E-state index contributed by atoms with van der Waals surface area (Å²) in [6, 6.07) is 27.7. The number of hydrogen-bond donors (Lipinski definition) is 3. The molecule has 1 aliphatic rings. The van der Waals surface area contributed by atoms with Crippen LogP contribution in [-0.4, -0.2) is 55.3 Å². The number of hydrogen-bond acceptors (Lipinski definition) is 6. The lowest BCUT2D eigenvalue weighted by Crippen LogP contribution is -2.47. The summed E-state index contributed by atoms with van der Waals surface area (Å²) in [5.41, 5.74) is 2.78. The highest BCUT2D eigenvalue weighted by Crippen LogP contribution is 2.27. The first kappa shape index (κ1) is 33.6. The van der Waals surface area contributed by atoms with Crippen LogP contribution >= 0.6 is 0 Å². The molecular formula is C37H44N2O6. The molecule has 0 radical (unpaired) electrons. The topological polar surface area (TPSA) is 114 Å². The summed E-state index contributed by atoms with van der Waals surface area (Å²) in [6.45, 7) is -0.123. The number of carbonyl (C=O) groups is 3. The third kappa shape index (κ3) is 10.7. The number of rotatable bonds is 11. The molecule has 8 nitrogen and oxygen atoms in total. The van der Waals surface area contributed by atoms with Crippen LogP contribution in [0.4, 0.5) is 0 Å². The van der Waals surface area contributed by atoms with Crippen molar-refractivity contribution in [3.05, 3.63) is 120 Å². The number of nitrogens with one attached hydrogen (secondary N) is 2. The molecule has 1 aliphatic heterocycles. The van der Waals surface area contributed by atoms with Crippen LogP contribution in [0.25, 0.3) is 0 Å². The number of aliphatic hydroxyl groups is 1. The Morgan fingerprint density at radius 2 is 1.58 bits per heavy atom. The molecule has 0 aromatic heterocycles. The van der Waals surface area contributed by atoms with Gasteiger partial charge in [0.25, 0.3) is 0 Å². The van der Waals surface area contributed by atoms with Crippen LogP contribution in [-0.2, 0) is 36.7 Å². The van der Waals surface area contributed by atoms with Crippen molar-refractivity contribution in [2.45, 2.75) is 56.7 Å². The zero-order valence-electron chi connectivity index (χ0n) is 25.8. The van der Waals surface area contributed by atoms with Crippen molar-refractivity contribution in [3.63, 3.8) is 0 Å².